The molecular weight excluding hydrogens is 292 g/mol. The molecule has 3 heteroatoms. The van der Waals surface area contributed by atoms with Gasteiger partial charge in [-0.2, -0.15) is 0 Å². The number of hydrogen-bond donors (Lipinski definition) is 0. The maximum absolute atomic E-state index is 5.56. The van der Waals surface area contributed by atoms with Crippen LogP contribution < -0.4 is 4.74 Å². The molecular formula is C15H23BrO2. The first-order chi connectivity index (χ1) is 8.83. The summed E-state index contributed by atoms with van der Waals surface area (Å²) in [6.45, 7) is 4.38. The highest BCUT2D eigenvalue weighted by atomic mass is 79.9. The molecule has 0 saturated heterocycles. The first-order valence-corrected chi connectivity index (χ1v) is 7.58. The minimum absolute atomic E-state index is 0.622. The van der Waals surface area contributed by atoms with E-state index in [9.17, 15) is 0 Å². The molecule has 0 fully saturated rings. The molecule has 0 bridgehead atoms. The first-order valence-electron chi connectivity index (χ1n) is 6.79. The Bertz CT molecular complexity index is 298. The fourth-order valence-electron chi connectivity index (χ4n) is 1.66. The van der Waals surface area contributed by atoms with Crippen molar-refractivity contribution in [2.24, 2.45) is 0 Å². The van der Waals surface area contributed by atoms with E-state index in [0.29, 0.717) is 13.2 Å². The van der Waals surface area contributed by atoms with Crippen LogP contribution in [0.5, 0.6) is 5.75 Å². The molecule has 0 aliphatic rings. The molecule has 0 aromatic heterocycles. The summed E-state index contributed by atoms with van der Waals surface area (Å²) in [5, 5.41) is 0. The van der Waals surface area contributed by atoms with Gasteiger partial charge < -0.3 is 9.47 Å². The monoisotopic (exact) mass is 314 g/mol. The van der Waals surface area contributed by atoms with Crippen LogP contribution in [0.4, 0.5) is 0 Å². The predicted molar refractivity (Wildman–Crippen MR) is 79.2 cm³/mol. The summed E-state index contributed by atoms with van der Waals surface area (Å²) < 4.78 is 12.2. The van der Waals surface area contributed by atoms with Crippen LogP contribution in [0.1, 0.15) is 39.0 Å². The van der Waals surface area contributed by atoms with E-state index in [4.69, 9.17) is 9.47 Å². The van der Waals surface area contributed by atoms with Crippen molar-refractivity contribution in [1.29, 1.82) is 0 Å². The third-order valence-corrected chi connectivity index (χ3v) is 3.23. The molecule has 0 atom stereocenters. The van der Waals surface area contributed by atoms with E-state index in [1.54, 1.807) is 0 Å². The lowest BCUT2D eigenvalue weighted by atomic mass is 10.2. The second kappa shape index (κ2) is 10.4. The van der Waals surface area contributed by atoms with Crippen molar-refractivity contribution in [2.75, 3.05) is 19.8 Å². The van der Waals surface area contributed by atoms with Crippen LogP contribution in [-0.2, 0) is 4.74 Å². The smallest absolute Gasteiger partial charge is 0.119 e. The first kappa shape index (κ1) is 15.5. The van der Waals surface area contributed by atoms with Crippen molar-refractivity contribution >= 4 is 15.9 Å². The fraction of sp³-hybridized carbons (Fsp3) is 0.600. The summed E-state index contributed by atoms with van der Waals surface area (Å²) in [4.78, 5) is 0. The van der Waals surface area contributed by atoms with Crippen LogP contribution in [0.15, 0.2) is 28.7 Å². The van der Waals surface area contributed by atoms with Gasteiger partial charge in [0.25, 0.3) is 0 Å². The van der Waals surface area contributed by atoms with Crippen LogP contribution >= 0.6 is 15.9 Å². The Morgan fingerprint density at radius 3 is 2.33 bits per heavy atom. The minimum atomic E-state index is 0.622. The second-order valence-electron chi connectivity index (χ2n) is 4.33. The fourth-order valence-corrected chi connectivity index (χ4v) is 1.92. The Labute approximate surface area is 119 Å². The van der Waals surface area contributed by atoms with E-state index in [1.807, 2.05) is 24.3 Å². The van der Waals surface area contributed by atoms with Gasteiger partial charge in [-0.1, -0.05) is 48.5 Å². The Morgan fingerprint density at radius 2 is 1.61 bits per heavy atom. The maximum Gasteiger partial charge on any atom is 0.119 e. The third-order valence-electron chi connectivity index (χ3n) is 2.70. The van der Waals surface area contributed by atoms with Crippen LogP contribution in [0.3, 0.4) is 0 Å². The second-order valence-corrected chi connectivity index (χ2v) is 5.24. The highest BCUT2D eigenvalue weighted by molar-refractivity contribution is 9.10. The van der Waals surface area contributed by atoms with Gasteiger partial charge in [-0.05, 0) is 30.7 Å². The van der Waals surface area contributed by atoms with E-state index >= 15 is 0 Å². The van der Waals surface area contributed by atoms with Crippen molar-refractivity contribution < 1.29 is 9.47 Å². The standard InChI is InChI=1S/C15H23BrO2/c1-2-3-4-5-6-11-17-12-13-18-15-9-7-14(16)8-10-15/h7-10H,2-6,11-13H2,1H3. The van der Waals surface area contributed by atoms with Crippen molar-refractivity contribution in [3.8, 4) is 5.75 Å². The summed E-state index contributed by atoms with van der Waals surface area (Å²) in [6.07, 6.45) is 6.41. The summed E-state index contributed by atoms with van der Waals surface area (Å²) in [6, 6.07) is 7.86. The molecule has 1 aromatic carbocycles. The summed E-state index contributed by atoms with van der Waals surface area (Å²) in [5.74, 6) is 0.893. The highest BCUT2D eigenvalue weighted by Crippen LogP contribution is 2.15. The number of rotatable bonds is 10. The summed E-state index contributed by atoms with van der Waals surface area (Å²) in [5.41, 5.74) is 0. The van der Waals surface area contributed by atoms with Crippen LogP contribution in [-0.4, -0.2) is 19.8 Å². The van der Waals surface area contributed by atoms with Gasteiger partial charge in [0, 0.05) is 11.1 Å². The molecule has 0 aliphatic heterocycles. The topological polar surface area (TPSA) is 18.5 Å². The Morgan fingerprint density at radius 1 is 0.889 bits per heavy atom. The molecule has 1 rings (SSSR count). The van der Waals surface area contributed by atoms with E-state index in [-0.39, 0.29) is 0 Å². The molecule has 0 unspecified atom stereocenters. The number of unbranched alkanes of at least 4 members (excludes halogenated alkanes) is 4. The molecule has 0 radical (unpaired) electrons. The van der Waals surface area contributed by atoms with Gasteiger partial charge in [0.1, 0.15) is 12.4 Å². The van der Waals surface area contributed by atoms with Gasteiger partial charge in [0.15, 0.2) is 0 Å². The lowest BCUT2D eigenvalue weighted by Gasteiger charge is -2.07. The molecule has 2 nitrogen and oxygen atoms in total. The zero-order valence-electron chi connectivity index (χ0n) is 11.2. The molecule has 0 aliphatic carbocycles. The Balaban J connectivity index is 1.91. The average molecular weight is 315 g/mol. The minimum Gasteiger partial charge on any atom is -0.491 e. The van der Waals surface area contributed by atoms with Gasteiger partial charge >= 0.3 is 0 Å². The van der Waals surface area contributed by atoms with E-state index in [2.05, 4.69) is 22.9 Å². The maximum atomic E-state index is 5.56. The zero-order chi connectivity index (χ0) is 13.1. The lowest BCUT2D eigenvalue weighted by molar-refractivity contribution is 0.0971. The summed E-state index contributed by atoms with van der Waals surface area (Å²) >= 11 is 3.39. The molecule has 0 amide bonds. The molecule has 18 heavy (non-hydrogen) atoms. The van der Waals surface area contributed by atoms with Crippen molar-refractivity contribution in [3.05, 3.63) is 28.7 Å². The number of ether oxygens (including phenoxy) is 2. The predicted octanol–water partition coefficient (Wildman–Crippen LogP) is 4.81. The molecule has 0 saturated carbocycles. The molecule has 0 heterocycles. The lowest BCUT2D eigenvalue weighted by Crippen LogP contribution is -2.07. The molecule has 0 N–H and O–H groups in total. The molecule has 102 valence electrons. The van der Waals surface area contributed by atoms with Gasteiger partial charge in [-0.15, -0.1) is 0 Å². The molecule has 1 aromatic rings. The van der Waals surface area contributed by atoms with Crippen molar-refractivity contribution in [3.63, 3.8) is 0 Å². The van der Waals surface area contributed by atoms with Gasteiger partial charge in [0.05, 0.1) is 6.61 Å². The van der Waals surface area contributed by atoms with Crippen molar-refractivity contribution in [1.82, 2.24) is 0 Å². The largest absolute Gasteiger partial charge is 0.491 e. The normalized spacial score (nSPS) is 10.6. The number of halogens is 1. The number of benzene rings is 1. The average Bonchev–Trinajstić information content (AvgIpc) is 2.39. The van der Waals surface area contributed by atoms with E-state index < -0.39 is 0 Å². The van der Waals surface area contributed by atoms with Crippen LogP contribution in [0, 0.1) is 0 Å². The van der Waals surface area contributed by atoms with Crippen molar-refractivity contribution in [2.45, 2.75) is 39.0 Å². The Kier molecular flexibility index (Phi) is 8.96. The van der Waals surface area contributed by atoms with Gasteiger partial charge in [0.2, 0.25) is 0 Å². The van der Waals surface area contributed by atoms with E-state index in [1.165, 1.54) is 25.7 Å². The number of hydrogen-bond acceptors (Lipinski definition) is 2. The van der Waals surface area contributed by atoms with Gasteiger partial charge in [-0.3, -0.25) is 0 Å². The van der Waals surface area contributed by atoms with Crippen LogP contribution in [0.25, 0.3) is 0 Å². The quantitative estimate of drug-likeness (QED) is 0.577. The van der Waals surface area contributed by atoms with Gasteiger partial charge in [-0.25, -0.2) is 0 Å². The summed E-state index contributed by atoms with van der Waals surface area (Å²) in [7, 11) is 0. The van der Waals surface area contributed by atoms with E-state index in [0.717, 1.165) is 23.2 Å². The zero-order valence-corrected chi connectivity index (χ0v) is 12.7. The highest BCUT2D eigenvalue weighted by Gasteiger charge is 1.94. The third kappa shape index (κ3) is 7.72. The SMILES string of the molecule is CCCCCCCOCCOc1ccc(Br)cc1. The van der Waals surface area contributed by atoms with Crippen LogP contribution in [0.2, 0.25) is 0 Å². The molecule has 0 spiro atoms. The Hall–Kier alpha value is -0.540.